The Morgan fingerprint density at radius 3 is 3.21 bits per heavy atom. The van der Waals surface area contributed by atoms with Gasteiger partial charge in [0.2, 0.25) is 5.82 Å². The van der Waals surface area contributed by atoms with Crippen LogP contribution in [0.3, 0.4) is 0 Å². The average Bonchev–Trinajstić information content (AvgIpc) is 2.93. The Morgan fingerprint density at radius 1 is 1.42 bits per heavy atom. The maximum Gasteiger partial charge on any atom is 0.321 e. The first-order valence-electron chi connectivity index (χ1n) is 6.33. The molecule has 0 radical (unpaired) electrons. The maximum atomic E-state index is 5.90. The summed E-state index contributed by atoms with van der Waals surface area (Å²) in [7, 11) is 0. The van der Waals surface area contributed by atoms with Gasteiger partial charge in [0.1, 0.15) is 5.75 Å². The summed E-state index contributed by atoms with van der Waals surface area (Å²) in [5.41, 5.74) is 0. The lowest BCUT2D eigenvalue weighted by atomic mass is 10.3. The standard InChI is InChI=1S/C13H15N3O2S/c1-2-7-14-13-15-12(16-18-13)10-8-19-11-6-4-3-5-9(11)17-10/h3-6,10H,2,7-8H2,1H3,(H,14,15,16). The third kappa shape index (κ3) is 2.68. The van der Waals surface area contributed by atoms with E-state index >= 15 is 0 Å². The molecule has 1 N–H and O–H groups in total. The number of para-hydroxylation sites is 1. The number of hydrogen-bond donors (Lipinski definition) is 1. The van der Waals surface area contributed by atoms with E-state index in [0.29, 0.717) is 11.8 Å². The zero-order chi connectivity index (χ0) is 13.1. The van der Waals surface area contributed by atoms with Crippen LogP contribution in [0.5, 0.6) is 5.75 Å². The van der Waals surface area contributed by atoms with E-state index in [1.807, 2.05) is 18.2 Å². The second-order valence-corrected chi connectivity index (χ2v) is 5.31. The molecule has 5 nitrogen and oxygen atoms in total. The molecule has 0 aliphatic carbocycles. The normalized spacial score (nSPS) is 17.6. The summed E-state index contributed by atoms with van der Waals surface area (Å²) in [6.45, 7) is 2.91. The molecule has 0 spiro atoms. The van der Waals surface area contributed by atoms with Crippen LogP contribution in [0, 0.1) is 0 Å². The van der Waals surface area contributed by atoms with Crippen LogP contribution < -0.4 is 10.1 Å². The summed E-state index contributed by atoms with van der Waals surface area (Å²) in [6.07, 6.45) is 0.863. The molecule has 1 aliphatic rings. The van der Waals surface area contributed by atoms with Gasteiger partial charge in [0.15, 0.2) is 6.10 Å². The van der Waals surface area contributed by atoms with Crippen molar-refractivity contribution in [2.45, 2.75) is 24.3 Å². The molecule has 1 aliphatic heterocycles. The first-order valence-corrected chi connectivity index (χ1v) is 7.31. The van der Waals surface area contributed by atoms with Crippen molar-refractivity contribution >= 4 is 17.8 Å². The molecule has 0 amide bonds. The topological polar surface area (TPSA) is 60.2 Å². The Bertz CT molecular complexity index is 558. The highest BCUT2D eigenvalue weighted by Gasteiger charge is 2.25. The van der Waals surface area contributed by atoms with Gasteiger partial charge in [0, 0.05) is 17.2 Å². The molecule has 0 saturated carbocycles. The monoisotopic (exact) mass is 277 g/mol. The van der Waals surface area contributed by atoms with Crippen LogP contribution in [0.25, 0.3) is 0 Å². The van der Waals surface area contributed by atoms with E-state index in [4.69, 9.17) is 9.26 Å². The van der Waals surface area contributed by atoms with Crippen LogP contribution in [0.1, 0.15) is 25.3 Å². The fourth-order valence-corrected chi connectivity index (χ4v) is 2.80. The largest absolute Gasteiger partial charge is 0.480 e. The molecule has 19 heavy (non-hydrogen) atoms. The molecule has 3 rings (SSSR count). The van der Waals surface area contributed by atoms with Gasteiger partial charge in [-0.05, 0) is 18.6 Å². The molecule has 2 aromatic rings. The van der Waals surface area contributed by atoms with E-state index in [-0.39, 0.29) is 6.10 Å². The van der Waals surface area contributed by atoms with Gasteiger partial charge in [-0.25, -0.2) is 0 Å². The van der Waals surface area contributed by atoms with Crippen LogP contribution in [-0.2, 0) is 0 Å². The van der Waals surface area contributed by atoms with Crippen molar-refractivity contribution < 1.29 is 9.26 Å². The number of ether oxygens (including phenoxy) is 1. The number of anilines is 1. The van der Waals surface area contributed by atoms with Crippen LogP contribution >= 0.6 is 11.8 Å². The van der Waals surface area contributed by atoms with Crippen molar-refractivity contribution in [2.24, 2.45) is 0 Å². The van der Waals surface area contributed by atoms with Gasteiger partial charge >= 0.3 is 6.01 Å². The summed E-state index contributed by atoms with van der Waals surface area (Å²) in [5, 5.41) is 7.05. The molecule has 1 aromatic heterocycles. The molecular formula is C13H15N3O2S. The summed E-state index contributed by atoms with van der Waals surface area (Å²) in [5.74, 6) is 2.28. The lowest BCUT2D eigenvalue weighted by Gasteiger charge is -2.22. The Labute approximate surface area is 115 Å². The molecule has 6 heteroatoms. The molecular weight excluding hydrogens is 262 g/mol. The van der Waals surface area contributed by atoms with Gasteiger partial charge in [-0.15, -0.1) is 11.8 Å². The molecule has 100 valence electrons. The van der Waals surface area contributed by atoms with Crippen molar-refractivity contribution in [3.05, 3.63) is 30.1 Å². The van der Waals surface area contributed by atoms with E-state index in [1.54, 1.807) is 11.8 Å². The van der Waals surface area contributed by atoms with E-state index in [9.17, 15) is 0 Å². The average molecular weight is 277 g/mol. The number of nitrogens with one attached hydrogen (secondary N) is 1. The lowest BCUT2D eigenvalue weighted by Crippen LogP contribution is -2.16. The third-order valence-electron chi connectivity index (χ3n) is 2.76. The van der Waals surface area contributed by atoms with Gasteiger partial charge in [0.25, 0.3) is 0 Å². The first-order chi connectivity index (χ1) is 9.36. The number of benzene rings is 1. The number of rotatable bonds is 4. The highest BCUT2D eigenvalue weighted by Crippen LogP contribution is 2.39. The van der Waals surface area contributed by atoms with Gasteiger partial charge in [-0.1, -0.05) is 24.2 Å². The van der Waals surface area contributed by atoms with E-state index in [2.05, 4.69) is 28.4 Å². The molecule has 0 bridgehead atoms. The Morgan fingerprint density at radius 2 is 2.32 bits per heavy atom. The molecule has 1 atom stereocenters. The first kappa shape index (κ1) is 12.3. The summed E-state index contributed by atoms with van der Waals surface area (Å²) in [4.78, 5) is 5.48. The molecule has 2 heterocycles. The van der Waals surface area contributed by atoms with E-state index in [0.717, 1.165) is 29.4 Å². The highest BCUT2D eigenvalue weighted by molar-refractivity contribution is 7.99. The Balaban J connectivity index is 1.72. The number of aromatic nitrogens is 2. The summed E-state index contributed by atoms with van der Waals surface area (Å²) < 4.78 is 11.0. The smallest absolute Gasteiger partial charge is 0.321 e. The predicted octanol–water partition coefficient (Wildman–Crippen LogP) is 3.12. The van der Waals surface area contributed by atoms with Crippen molar-refractivity contribution in [1.82, 2.24) is 10.1 Å². The Hall–Kier alpha value is -1.69. The van der Waals surface area contributed by atoms with Crippen LogP contribution in [0.2, 0.25) is 0 Å². The molecule has 0 saturated heterocycles. The second-order valence-electron chi connectivity index (χ2n) is 4.25. The van der Waals surface area contributed by atoms with Crippen molar-refractivity contribution in [3.63, 3.8) is 0 Å². The van der Waals surface area contributed by atoms with Crippen molar-refractivity contribution in [3.8, 4) is 5.75 Å². The summed E-state index contributed by atoms with van der Waals surface area (Å²) >= 11 is 1.75. The van der Waals surface area contributed by atoms with E-state index in [1.165, 1.54) is 0 Å². The molecule has 1 unspecified atom stereocenters. The minimum atomic E-state index is -0.152. The molecule has 1 aromatic carbocycles. The van der Waals surface area contributed by atoms with Crippen LogP contribution in [-0.4, -0.2) is 22.4 Å². The van der Waals surface area contributed by atoms with Crippen molar-refractivity contribution in [2.75, 3.05) is 17.6 Å². The van der Waals surface area contributed by atoms with Gasteiger partial charge in [-0.2, -0.15) is 4.98 Å². The number of hydrogen-bond acceptors (Lipinski definition) is 6. The van der Waals surface area contributed by atoms with Gasteiger partial charge < -0.3 is 14.6 Å². The third-order valence-corrected chi connectivity index (χ3v) is 3.88. The minimum absolute atomic E-state index is 0.152. The fraction of sp³-hybridized carbons (Fsp3) is 0.385. The molecule has 0 fully saturated rings. The fourth-order valence-electron chi connectivity index (χ4n) is 1.82. The highest BCUT2D eigenvalue weighted by atomic mass is 32.2. The van der Waals surface area contributed by atoms with Crippen molar-refractivity contribution in [1.29, 1.82) is 0 Å². The van der Waals surface area contributed by atoms with Gasteiger partial charge in [-0.3, -0.25) is 0 Å². The number of nitrogens with zero attached hydrogens (tertiary/aromatic N) is 2. The van der Waals surface area contributed by atoms with Crippen LogP contribution in [0.15, 0.2) is 33.7 Å². The zero-order valence-electron chi connectivity index (χ0n) is 10.6. The second kappa shape index (κ2) is 5.52. The number of thioether (sulfide) groups is 1. The SMILES string of the molecule is CCCNc1nc(C2CSc3ccccc3O2)no1. The van der Waals surface area contributed by atoms with E-state index < -0.39 is 0 Å². The predicted molar refractivity (Wildman–Crippen MR) is 73.6 cm³/mol. The quantitative estimate of drug-likeness (QED) is 0.926. The van der Waals surface area contributed by atoms with Gasteiger partial charge in [0.05, 0.1) is 0 Å². The minimum Gasteiger partial charge on any atom is -0.480 e. The van der Waals surface area contributed by atoms with Crippen LogP contribution in [0.4, 0.5) is 6.01 Å². The Kier molecular flexibility index (Phi) is 3.59. The summed E-state index contributed by atoms with van der Waals surface area (Å²) in [6, 6.07) is 8.46. The number of fused-ring (bicyclic) bond motifs is 1. The zero-order valence-corrected chi connectivity index (χ0v) is 11.4. The maximum absolute atomic E-state index is 5.90. The lowest BCUT2D eigenvalue weighted by molar-refractivity contribution is 0.205.